The molecule has 0 atom stereocenters. The third kappa shape index (κ3) is 3.95. The molecule has 30 heavy (non-hydrogen) atoms. The Kier molecular flexibility index (Phi) is 5.11. The average Bonchev–Trinajstić information content (AvgIpc) is 3.10. The van der Waals surface area contributed by atoms with E-state index in [9.17, 15) is 9.90 Å². The Bertz CT molecular complexity index is 948. The van der Waals surface area contributed by atoms with E-state index < -0.39 is 5.60 Å². The Morgan fingerprint density at radius 2 is 1.83 bits per heavy atom. The van der Waals surface area contributed by atoms with Gasteiger partial charge in [-0.3, -0.25) is 0 Å². The molecule has 3 heterocycles. The van der Waals surface area contributed by atoms with Gasteiger partial charge < -0.3 is 24.4 Å². The number of phenols is 1. The number of anilines is 1. The smallest absolute Gasteiger partial charge is 0.410 e. The number of phenolic OH excluding ortho intramolecular Hbond substituents is 1. The highest BCUT2D eigenvalue weighted by Gasteiger charge is 2.43. The van der Waals surface area contributed by atoms with Crippen LogP contribution in [0.4, 0.5) is 10.6 Å². The summed E-state index contributed by atoms with van der Waals surface area (Å²) in [6.45, 7) is 8.89. The molecule has 0 saturated carbocycles. The quantitative estimate of drug-likeness (QED) is 0.804. The number of nitrogens with zero attached hydrogens (tertiary/aromatic N) is 4. The summed E-state index contributed by atoms with van der Waals surface area (Å²) in [6, 6.07) is 3.41. The molecule has 1 spiro atoms. The molecule has 1 aromatic heterocycles. The molecule has 0 bridgehead atoms. The molecule has 2 fully saturated rings. The Morgan fingerprint density at radius 1 is 1.13 bits per heavy atom. The second-order valence-corrected chi connectivity index (χ2v) is 9.38. The molecule has 8 nitrogen and oxygen atoms in total. The van der Waals surface area contributed by atoms with Crippen molar-refractivity contribution in [1.29, 1.82) is 0 Å². The van der Waals surface area contributed by atoms with Gasteiger partial charge in [0.15, 0.2) is 11.5 Å². The Labute approximate surface area is 176 Å². The van der Waals surface area contributed by atoms with Gasteiger partial charge in [-0.2, -0.15) is 0 Å². The van der Waals surface area contributed by atoms with E-state index in [0.29, 0.717) is 5.75 Å². The molecular formula is C22H30N4O4. The predicted molar refractivity (Wildman–Crippen MR) is 114 cm³/mol. The molecule has 0 aliphatic carbocycles. The summed E-state index contributed by atoms with van der Waals surface area (Å²) in [6.07, 6.45) is 4.31. The lowest BCUT2D eigenvalue weighted by molar-refractivity contribution is 0.0266. The minimum absolute atomic E-state index is 0.0818. The average molecular weight is 415 g/mol. The monoisotopic (exact) mass is 414 g/mol. The first kappa shape index (κ1) is 20.5. The van der Waals surface area contributed by atoms with Gasteiger partial charge in [-0.1, -0.05) is 0 Å². The maximum atomic E-state index is 12.4. The number of methoxy groups -OCH3 is 1. The second kappa shape index (κ2) is 7.49. The maximum absolute atomic E-state index is 12.4. The van der Waals surface area contributed by atoms with Crippen molar-refractivity contribution < 1.29 is 19.4 Å². The van der Waals surface area contributed by atoms with Crippen molar-refractivity contribution in [3.05, 3.63) is 18.5 Å². The van der Waals surface area contributed by atoms with Crippen molar-refractivity contribution >= 4 is 22.8 Å². The Balaban J connectivity index is 1.47. The summed E-state index contributed by atoms with van der Waals surface area (Å²) in [5.74, 6) is 1.31. The third-order valence-corrected chi connectivity index (χ3v) is 6.13. The maximum Gasteiger partial charge on any atom is 0.410 e. The minimum atomic E-state index is -0.474. The summed E-state index contributed by atoms with van der Waals surface area (Å²) in [4.78, 5) is 25.4. The van der Waals surface area contributed by atoms with Gasteiger partial charge in [0.1, 0.15) is 17.7 Å². The van der Waals surface area contributed by atoms with Crippen molar-refractivity contribution in [3.8, 4) is 11.5 Å². The number of benzene rings is 1. The van der Waals surface area contributed by atoms with E-state index in [1.54, 1.807) is 18.5 Å². The normalized spacial score (nSPS) is 18.8. The van der Waals surface area contributed by atoms with Crippen LogP contribution in [0.5, 0.6) is 11.5 Å². The predicted octanol–water partition coefficient (Wildman–Crippen LogP) is 3.57. The molecule has 2 aliphatic rings. The lowest BCUT2D eigenvalue weighted by Crippen LogP contribution is -2.43. The highest BCUT2D eigenvalue weighted by atomic mass is 16.6. The fourth-order valence-corrected chi connectivity index (χ4v) is 4.49. The van der Waals surface area contributed by atoms with Crippen molar-refractivity contribution in [2.45, 2.75) is 45.6 Å². The number of amides is 1. The van der Waals surface area contributed by atoms with E-state index in [2.05, 4.69) is 14.9 Å². The Morgan fingerprint density at radius 3 is 2.50 bits per heavy atom. The highest BCUT2D eigenvalue weighted by Crippen LogP contribution is 2.42. The van der Waals surface area contributed by atoms with Gasteiger partial charge in [-0.25, -0.2) is 14.8 Å². The number of hydrogen-bond donors (Lipinski definition) is 1. The lowest BCUT2D eigenvalue weighted by atomic mass is 9.78. The van der Waals surface area contributed by atoms with Gasteiger partial charge in [0, 0.05) is 37.6 Å². The van der Waals surface area contributed by atoms with Crippen molar-refractivity contribution in [2.75, 3.05) is 38.2 Å². The van der Waals surface area contributed by atoms with Crippen LogP contribution in [-0.2, 0) is 4.74 Å². The molecule has 4 rings (SSSR count). The van der Waals surface area contributed by atoms with Gasteiger partial charge >= 0.3 is 6.09 Å². The number of likely N-dealkylation sites (tertiary alicyclic amines) is 1. The van der Waals surface area contributed by atoms with Gasteiger partial charge in [-0.15, -0.1) is 0 Å². The number of rotatable bonds is 2. The summed E-state index contributed by atoms with van der Waals surface area (Å²) < 4.78 is 10.7. The van der Waals surface area contributed by atoms with Crippen molar-refractivity contribution in [2.24, 2.45) is 5.41 Å². The molecule has 0 radical (unpaired) electrons. The molecule has 1 amide bonds. The molecule has 1 aromatic carbocycles. The topological polar surface area (TPSA) is 88.0 Å². The minimum Gasteiger partial charge on any atom is -0.504 e. The zero-order chi connectivity index (χ0) is 21.5. The molecule has 8 heteroatoms. The molecule has 2 aliphatic heterocycles. The standard InChI is InChI=1S/C22H30N4O4/c1-21(2,3)30-20(28)26-10-7-22(13-26)5-8-25(9-6-22)19-15-11-17(27)18(29-4)12-16(15)23-14-24-19/h11-12,14,27H,5-10,13H2,1-4H3. The fraction of sp³-hybridized carbons (Fsp3) is 0.591. The molecule has 162 valence electrons. The summed E-state index contributed by atoms with van der Waals surface area (Å²) in [7, 11) is 1.52. The van der Waals surface area contributed by atoms with Crippen LogP contribution in [0.25, 0.3) is 10.9 Å². The zero-order valence-electron chi connectivity index (χ0n) is 18.1. The SMILES string of the molecule is COc1cc2ncnc(N3CCC4(CCN(C(=O)OC(C)(C)C)C4)CC3)c2cc1O. The molecular weight excluding hydrogens is 384 g/mol. The lowest BCUT2D eigenvalue weighted by Gasteiger charge is -2.40. The first-order chi connectivity index (χ1) is 14.2. The number of piperidine rings is 1. The van der Waals surface area contributed by atoms with E-state index in [1.165, 1.54) is 7.11 Å². The van der Waals surface area contributed by atoms with Crippen LogP contribution < -0.4 is 9.64 Å². The van der Waals surface area contributed by atoms with Crippen LogP contribution in [0.1, 0.15) is 40.0 Å². The molecule has 0 unspecified atom stereocenters. The van der Waals surface area contributed by atoms with Gasteiger partial charge in [0.25, 0.3) is 0 Å². The number of ether oxygens (including phenoxy) is 2. The van der Waals surface area contributed by atoms with Crippen molar-refractivity contribution in [3.63, 3.8) is 0 Å². The largest absolute Gasteiger partial charge is 0.504 e. The van der Waals surface area contributed by atoms with Crippen LogP contribution >= 0.6 is 0 Å². The molecule has 2 saturated heterocycles. The van der Waals surface area contributed by atoms with E-state index in [0.717, 1.165) is 62.2 Å². The van der Waals surface area contributed by atoms with Gasteiger partial charge in [-0.05, 0) is 51.5 Å². The number of aromatic nitrogens is 2. The van der Waals surface area contributed by atoms with Crippen LogP contribution in [0.3, 0.4) is 0 Å². The summed E-state index contributed by atoms with van der Waals surface area (Å²) >= 11 is 0. The van der Waals surface area contributed by atoms with Crippen LogP contribution in [0.2, 0.25) is 0 Å². The third-order valence-electron chi connectivity index (χ3n) is 6.13. The molecule has 1 N–H and O–H groups in total. The van der Waals surface area contributed by atoms with Crippen molar-refractivity contribution in [1.82, 2.24) is 14.9 Å². The first-order valence-corrected chi connectivity index (χ1v) is 10.4. The number of hydrogen-bond acceptors (Lipinski definition) is 7. The molecule has 2 aromatic rings. The van der Waals surface area contributed by atoms with Gasteiger partial charge in [0.2, 0.25) is 0 Å². The summed E-state index contributed by atoms with van der Waals surface area (Å²) in [5.41, 5.74) is 0.409. The van der Waals surface area contributed by atoms with Crippen LogP contribution in [0, 0.1) is 5.41 Å². The number of fused-ring (bicyclic) bond motifs is 1. The number of carbonyl (C=O) groups is 1. The van der Waals surface area contributed by atoms with Crippen LogP contribution in [0.15, 0.2) is 18.5 Å². The Hall–Kier alpha value is -2.77. The van der Waals surface area contributed by atoms with Gasteiger partial charge in [0.05, 0.1) is 12.6 Å². The zero-order valence-corrected chi connectivity index (χ0v) is 18.1. The van der Waals surface area contributed by atoms with E-state index in [-0.39, 0.29) is 17.3 Å². The summed E-state index contributed by atoms with van der Waals surface area (Å²) in [5, 5.41) is 11.0. The van der Waals surface area contributed by atoms with E-state index in [1.807, 2.05) is 25.7 Å². The van der Waals surface area contributed by atoms with Crippen LogP contribution in [-0.4, -0.2) is 65.0 Å². The highest BCUT2D eigenvalue weighted by molar-refractivity contribution is 5.92. The van der Waals surface area contributed by atoms with E-state index >= 15 is 0 Å². The van der Waals surface area contributed by atoms with E-state index in [4.69, 9.17) is 9.47 Å². The fourth-order valence-electron chi connectivity index (χ4n) is 4.49. The number of aromatic hydroxyl groups is 1. The number of carbonyl (C=O) groups excluding carboxylic acids is 1. The first-order valence-electron chi connectivity index (χ1n) is 10.4. The second-order valence-electron chi connectivity index (χ2n) is 9.38.